The normalized spacial score (nSPS) is 13.2. The van der Waals surface area contributed by atoms with Gasteiger partial charge in [0, 0.05) is 30.7 Å². The van der Waals surface area contributed by atoms with Crippen LogP contribution in [0, 0.1) is 5.82 Å². The number of halogens is 2. The molecule has 3 heterocycles. The van der Waals surface area contributed by atoms with E-state index < -0.39 is 5.82 Å². The molecule has 0 aliphatic carbocycles. The summed E-state index contributed by atoms with van der Waals surface area (Å²) < 4.78 is 16.6. The van der Waals surface area contributed by atoms with Crippen LogP contribution in [-0.4, -0.2) is 28.7 Å². The molecule has 0 radical (unpaired) electrons. The molecule has 0 unspecified atom stereocenters. The second-order valence-electron chi connectivity index (χ2n) is 6.31. The molecular weight excluding hydrogens is 415 g/mol. The highest BCUT2D eigenvalue weighted by atomic mass is 35.5. The van der Waals surface area contributed by atoms with Crippen LogP contribution in [0.2, 0.25) is 4.34 Å². The van der Waals surface area contributed by atoms with Crippen LogP contribution in [-0.2, 0) is 0 Å². The summed E-state index contributed by atoms with van der Waals surface area (Å²) in [6.07, 6.45) is 5.11. The largest absolute Gasteiger partial charge is 0.341 e. The molecule has 148 valence electrons. The maximum Gasteiger partial charge on any atom is 0.262 e. The third-order valence-corrected chi connectivity index (χ3v) is 5.60. The van der Waals surface area contributed by atoms with E-state index in [1.165, 1.54) is 28.0 Å². The maximum atomic E-state index is 14.7. The first-order chi connectivity index (χ1) is 14.0. The second-order valence-corrected chi connectivity index (χ2v) is 8.03. The van der Waals surface area contributed by atoms with Crippen LogP contribution in [0.4, 0.5) is 10.1 Å². The molecule has 0 saturated heterocycles. The van der Waals surface area contributed by atoms with Crippen molar-refractivity contribution in [3.8, 4) is 5.69 Å². The number of amides is 1. The fraction of sp³-hybridized carbons (Fsp3) is 0.100. The first kappa shape index (κ1) is 19.2. The molecule has 1 aromatic carbocycles. The van der Waals surface area contributed by atoms with Crippen molar-refractivity contribution in [2.24, 2.45) is 0 Å². The van der Waals surface area contributed by atoms with E-state index in [0.29, 0.717) is 27.3 Å². The van der Waals surface area contributed by atoms with Gasteiger partial charge in [0.25, 0.3) is 11.5 Å². The fourth-order valence-corrected chi connectivity index (χ4v) is 3.90. The summed E-state index contributed by atoms with van der Waals surface area (Å²) in [5.74, 6) is -0.653. The molecule has 3 aromatic rings. The molecule has 0 saturated carbocycles. The number of carbonyl (C=O) groups excluding carboxylic acids is 1. The van der Waals surface area contributed by atoms with E-state index >= 15 is 0 Å². The summed E-state index contributed by atoms with van der Waals surface area (Å²) in [5.41, 5.74) is 0.612. The minimum Gasteiger partial charge on any atom is -0.341 e. The van der Waals surface area contributed by atoms with Crippen molar-refractivity contribution < 1.29 is 9.18 Å². The molecule has 1 amide bonds. The Hall–Kier alpha value is -3.10. The number of rotatable bonds is 5. The summed E-state index contributed by atoms with van der Waals surface area (Å²) in [5, 5.41) is 2.81. The third-order valence-electron chi connectivity index (χ3n) is 4.37. The van der Waals surface area contributed by atoms with Gasteiger partial charge in [-0.05, 0) is 30.3 Å². The van der Waals surface area contributed by atoms with Crippen molar-refractivity contribution in [2.45, 2.75) is 0 Å². The Morgan fingerprint density at radius 2 is 2.03 bits per heavy atom. The number of thiophene rings is 1. The summed E-state index contributed by atoms with van der Waals surface area (Å²) in [7, 11) is 0. The Morgan fingerprint density at radius 3 is 2.76 bits per heavy atom. The summed E-state index contributed by atoms with van der Waals surface area (Å²) in [6.45, 7) is 0.660. The molecule has 6 nitrogen and oxygen atoms in total. The zero-order valence-corrected chi connectivity index (χ0v) is 16.7. The van der Waals surface area contributed by atoms with Gasteiger partial charge in [0.2, 0.25) is 0 Å². The van der Waals surface area contributed by atoms with Gasteiger partial charge in [0.05, 0.1) is 33.9 Å². The summed E-state index contributed by atoms with van der Waals surface area (Å²) in [4.78, 5) is 28.1. The Balaban J connectivity index is 1.40. The molecule has 1 aliphatic heterocycles. The van der Waals surface area contributed by atoms with Crippen LogP contribution < -0.4 is 15.8 Å². The Kier molecular flexibility index (Phi) is 5.37. The molecule has 1 aliphatic rings. The van der Waals surface area contributed by atoms with Crippen molar-refractivity contribution in [1.29, 1.82) is 0 Å². The molecule has 0 spiro atoms. The van der Waals surface area contributed by atoms with E-state index in [9.17, 15) is 14.0 Å². The Labute approximate surface area is 175 Å². The molecule has 0 bridgehead atoms. The number of aromatic nitrogens is 1. The monoisotopic (exact) mass is 430 g/mol. The number of hydrogen-bond donors (Lipinski definition) is 1. The zero-order chi connectivity index (χ0) is 20.4. The molecule has 0 fully saturated rings. The lowest BCUT2D eigenvalue weighted by Crippen LogP contribution is -2.36. The third kappa shape index (κ3) is 4.18. The minimum absolute atomic E-state index is 0.211. The van der Waals surface area contributed by atoms with Crippen molar-refractivity contribution in [3.63, 3.8) is 0 Å². The fourth-order valence-electron chi connectivity index (χ4n) is 2.94. The Bertz CT molecular complexity index is 1140. The number of pyridine rings is 1. The van der Waals surface area contributed by atoms with Gasteiger partial charge in [-0.25, -0.2) is 4.39 Å². The van der Waals surface area contributed by atoms with Gasteiger partial charge >= 0.3 is 0 Å². The van der Waals surface area contributed by atoms with Gasteiger partial charge < -0.3 is 15.1 Å². The molecule has 0 atom stereocenters. The van der Waals surface area contributed by atoms with E-state index in [0.717, 1.165) is 0 Å². The van der Waals surface area contributed by atoms with Gasteiger partial charge in [-0.3, -0.25) is 14.2 Å². The second kappa shape index (κ2) is 8.10. The van der Waals surface area contributed by atoms with Crippen molar-refractivity contribution >= 4 is 34.5 Å². The number of hydrogen-bond acceptors (Lipinski definition) is 5. The lowest BCUT2D eigenvalue weighted by Gasteiger charge is -2.22. The molecule has 1 N–H and O–H groups in total. The van der Waals surface area contributed by atoms with Crippen molar-refractivity contribution in [3.05, 3.63) is 92.5 Å². The van der Waals surface area contributed by atoms with Gasteiger partial charge in [0.1, 0.15) is 5.82 Å². The van der Waals surface area contributed by atoms with Crippen molar-refractivity contribution in [1.82, 2.24) is 14.8 Å². The van der Waals surface area contributed by atoms with Gasteiger partial charge in [-0.15, -0.1) is 11.3 Å². The minimum atomic E-state index is -0.443. The number of nitrogens with zero attached hydrogens (tertiary/aromatic N) is 3. The Morgan fingerprint density at radius 1 is 1.17 bits per heavy atom. The van der Waals surface area contributed by atoms with Crippen LogP contribution in [0.5, 0.6) is 0 Å². The predicted octanol–water partition coefficient (Wildman–Crippen LogP) is 3.63. The van der Waals surface area contributed by atoms with Crippen LogP contribution in [0.3, 0.4) is 0 Å². The van der Waals surface area contributed by atoms with E-state index in [2.05, 4.69) is 5.32 Å². The molecule has 29 heavy (non-hydrogen) atoms. The lowest BCUT2D eigenvalue weighted by atomic mass is 10.2. The molecule has 9 heteroatoms. The number of nitrogens with one attached hydrogen (secondary N) is 1. The molecule has 2 aromatic heterocycles. The smallest absolute Gasteiger partial charge is 0.262 e. The number of carbonyl (C=O) groups is 1. The maximum absolute atomic E-state index is 14.7. The van der Waals surface area contributed by atoms with Crippen molar-refractivity contribution in [2.75, 3.05) is 18.2 Å². The standard InChI is InChI=1S/C20H16ClFN4O2S/c21-18-7-6-17(29-18)20(28)23-12-24-9-10-25(13-24)16-5-4-14(11-15(16)22)26-8-2-1-3-19(26)27/h1-11H,12-13H2,(H,23,28). The quantitative estimate of drug-likeness (QED) is 0.671. The zero-order valence-electron chi connectivity index (χ0n) is 15.1. The SMILES string of the molecule is O=C(NCN1C=CN(c2ccc(-n3ccccc3=O)cc2F)C1)c1ccc(Cl)s1. The van der Waals surface area contributed by atoms with E-state index in [-0.39, 0.29) is 18.1 Å². The average molecular weight is 431 g/mol. The topological polar surface area (TPSA) is 57.6 Å². The molecular formula is C20H16ClFN4O2S. The summed E-state index contributed by atoms with van der Waals surface area (Å²) >= 11 is 7.06. The highest BCUT2D eigenvalue weighted by molar-refractivity contribution is 7.17. The van der Waals surface area contributed by atoms with Crippen LogP contribution in [0.15, 0.2) is 71.9 Å². The number of benzene rings is 1. The van der Waals surface area contributed by atoms with Crippen LogP contribution >= 0.6 is 22.9 Å². The first-order valence-corrected chi connectivity index (χ1v) is 9.91. The van der Waals surface area contributed by atoms with Gasteiger partial charge in [0.15, 0.2) is 0 Å². The molecule has 4 rings (SSSR count). The van der Waals surface area contributed by atoms with E-state index in [1.807, 2.05) is 4.90 Å². The number of anilines is 1. The van der Waals surface area contributed by atoms with Crippen LogP contribution in [0.1, 0.15) is 9.67 Å². The van der Waals surface area contributed by atoms with Crippen LogP contribution in [0.25, 0.3) is 5.69 Å². The highest BCUT2D eigenvalue weighted by Crippen LogP contribution is 2.25. The van der Waals surface area contributed by atoms with Gasteiger partial charge in [-0.2, -0.15) is 0 Å². The highest BCUT2D eigenvalue weighted by Gasteiger charge is 2.18. The predicted molar refractivity (Wildman–Crippen MR) is 112 cm³/mol. The first-order valence-electron chi connectivity index (χ1n) is 8.71. The summed E-state index contributed by atoms with van der Waals surface area (Å²) in [6, 6.07) is 12.8. The lowest BCUT2D eigenvalue weighted by molar-refractivity contribution is 0.0940. The van der Waals surface area contributed by atoms with E-state index in [1.54, 1.807) is 59.9 Å². The van der Waals surface area contributed by atoms with Gasteiger partial charge in [-0.1, -0.05) is 17.7 Å². The van der Waals surface area contributed by atoms with E-state index in [4.69, 9.17) is 11.6 Å². The average Bonchev–Trinajstić information content (AvgIpc) is 3.35.